The lowest BCUT2D eigenvalue weighted by atomic mass is 10.3. The molecular formula is C10H7BrCl2FN3O. The molecule has 1 heterocycles. The quantitative estimate of drug-likeness (QED) is 0.814. The maximum Gasteiger partial charge on any atom is 0.320 e. The molecule has 18 heavy (non-hydrogen) atoms. The number of anilines is 2. The van der Waals surface area contributed by atoms with Crippen molar-refractivity contribution in [3.63, 3.8) is 0 Å². The Morgan fingerprint density at radius 2 is 2.17 bits per heavy atom. The van der Waals surface area contributed by atoms with Gasteiger partial charge in [-0.3, -0.25) is 0 Å². The number of nitrogens with zero attached hydrogens (tertiary/aromatic N) is 2. The van der Waals surface area contributed by atoms with E-state index in [9.17, 15) is 4.39 Å². The first-order chi connectivity index (χ1) is 8.47. The molecule has 1 N–H and O–H groups in total. The Morgan fingerprint density at radius 1 is 1.44 bits per heavy atom. The van der Waals surface area contributed by atoms with Crippen LogP contribution in [0.3, 0.4) is 0 Å². The first-order valence-electron chi connectivity index (χ1n) is 4.86. The molecule has 0 amide bonds. The lowest BCUT2D eigenvalue weighted by Gasteiger charge is -2.06. The van der Waals surface area contributed by atoms with Gasteiger partial charge in [0.1, 0.15) is 11.2 Å². The summed E-state index contributed by atoms with van der Waals surface area (Å²) in [5.41, 5.74) is 0.440. The van der Waals surface area contributed by atoms with Crippen LogP contribution in [0.4, 0.5) is 16.1 Å². The minimum atomic E-state index is -0.446. The number of nitrogens with one attached hydrogen (secondary N) is 1. The second-order valence-corrected chi connectivity index (χ2v) is 5.35. The predicted octanol–water partition coefficient (Wildman–Crippen LogP) is 4.67. The number of benzene rings is 1. The van der Waals surface area contributed by atoms with Crippen LogP contribution >= 0.6 is 39.1 Å². The van der Waals surface area contributed by atoms with Crippen molar-refractivity contribution in [2.75, 3.05) is 5.32 Å². The smallest absolute Gasteiger partial charge is 0.320 e. The Kier molecular flexibility index (Phi) is 4.09. The second kappa shape index (κ2) is 5.42. The summed E-state index contributed by atoms with van der Waals surface area (Å²) in [7, 11) is 0. The molecule has 0 aliphatic carbocycles. The first kappa shape index (κ1) is 13.6. The SMILES string of the molecule is CC(Cl)c1nnc(Nc2c(Cl)cc(F)cc2Br)o1. The molecule has 0 aliphatic rings. The molecule has 2 aromatic rings. The van der Waals surface area contributed by atoms with E-state index in [1.165, 1.54) is 12.1 Å². The molecule has 1 atom stereocenters. The summed E-state index contributed by atoms with van der Waals surface area (Å²) in [6, 6.07) is 2.58. The van der Waals surface area contributed by atoms with Gasteiger partial charge in [0.05, 0.1) is 10.7 Å². The van der Waals surface area contributed by atoms with E-state index in [0.29, 0.717) is 10.2 Å². The topological polar surface area (TPSA) is 51.0 Å². The predicted molar refractivity (Wildman–Crippen MR) is 71.0 cm³/mol. The van der Waals surface area contributed by atoms with Crippen LogP contribution in [-0.2, 0) is 0 Å². The van der Waals surface area contributed by atoms with E-state index in [-0.39, 0.29) is 22.3 Å². The van der Waals surface area contributed by atoms with Gasteiger partial charge in [0, 0.05) is 4.47 Å². The van der Waals surface area contributed by atoms with Crippen LogP contribution < -0.4 is 5.32 Å². The monoisotopic (exact) mass is 353 g/mol. The van der Waals surface area contributed by atoms with Crippen molar-refractivity contribution in [1.82, 2.24) is 10.2 Å². The average molecular weight is 355 g/mol. The van der Waals surface area contributed by atoms with E-state index in [1.807, 2.05) is 0 Å². The van der Waals surface area contributed by atoms with Crippen molar-refractivity contribution >= 4 is 50.8 Å². The molecule has 1 aromatic heterocycles. The van der Waals surface area contributed by atoms with E-state index < -0.39 is 5.82 Å². The molecule has 0 spiro atoms. The van der Waals surface area contributed by atoms with Crippen molar-refractivity contribution in [3.05, 3.63) is 33.3 Å². The highest BCUT2D eigenvalue weighted by Crippen LogP contribution is 2.34. The van der Waals surface area contributed by atoms with Crippen molar-refractivity contribution in [2.24, 2.45) is 0 Å². The highest BCUT2D eigenvalue weighted by molar-refractivity contribution is 9.10. The van der Waals surface area contributed by atoms with E-state index >= 15 is 0 Å². The van der Waals surface area contributed by atoms with Gasteiger partial charge in [0.25, 0.3) is 0 Å². The lowest BCUT2D eigenvalue weighted by molar-refractivity contribution is 0.510. The largest absolute Gasteiger partial charge is 0.406 e. The number of alkyl halides is 1. The molecule has 2 rings (SSSR count). The molecule has 8 heteroatoms. The Bertz CT molecular complexity index is 553. The summed E-state index contributed by atoms with van der Waals surface area (Å²) in [6.07, 6.45) is 0. The van der Waals surface area contributed by atoms with Crippen molar-refractivity contribution in [2.45, 2.75) is 12.3 Å². The van der Waals surface area contributed by atoms with Crippen LogP contribution in [0.25, 0.3) is 0 Å². The van der Waals surface area contributed by atoms with Crippen LogP contribution in [0.1, 0.15) is 18.2 Å². The molecule has 0 radical (unpaired) electrons. The zero-order valence-corrected chi connectivity index (χ0v) is 12.1. The van der Waals surface area contributed by atoms with Crippen LogP contribution in [0.5, 0.6) is 0 Å². The van der Waals surface area contributed by atoms with Crippen LogP contribution in [0.15, 0.2) is 21.0 Å². The summed E-state index contributed by atoms with van der Waals surface area (Å²) >= 11 is 14.9. The lowest BCUT2D eigenvalue weighted by Crippen LogP contribution is -1.93. The summed E-state index contributed by atoms with van der Waals surface area (Å²) in [5, 5.41) is 10.1. The van der Waals surface area contributed by atoms with Crippen molar-refractivity contribution < 1.29 is 8.81 Å². The Morgan fingerprint density at radius 3 is 2.72 bits per heavy atom. The third-order valence-corrected chi connectivity index (χ3v) is 3.13. The minimum absolute atomic E-state index is 0.131. The van der Waals surface area contributed by atoms with Gasteiger partial charge in [-0.05, 0) is 35.0 Å². The van der Waals surface area contributed by atoms with E-state index in [0.717, 1.165) is 0 Å². The number of rotatable bonds is 3. The van der Waals surface area contributed by atoms with Gasteiger partial charge in [-0.25, -0.2) is 4.39 Å². The van der Waals surface area contributed by atoms with Crippen LogP contribution in [0, 0.1) is 5.82 Å². The van der Waals surface area contributed by atoms with Crippen molar-refractivity contribution in [1.29, 1.82) is 0 Å². The zero-order chi connectivity index (χ0) is 13.3. The Labute approximate surface area is 121 Å². The minimum Gasteiger partial charge on any atom is -0.406 e. The van der Waals surface area contributed by atoms with Gasteiger partial charge in [0.2, 0.25) is 5.89 Å². The number of hydrogen-bond acceptors (Lipinski definition) is 4. The maximum atomic E-state index is 13.0. The summed E-state index contributed by atoms with van der Waals surface area (Å²) < 4.78 is 18.7. The maximum absolute atomic E-state index is 13.0. The fourth-order valence-electron chi connectivity index (χ4n) is 1.21. The van der Waals surface area contributed by atoms with Gasteiger partial charge >= 0.3 is 6.01 Å². The molecular weight excluding hydrogens is 348 g/mol. The second-order valence-electron chi connectivity index (χ2n) is 3.43. The van der Waals surface area contributed by atoms with Gasteiger partial charge in [-0.1, -0.05) is 16.7 Å². The standard InChI is InChI=1S/C10H7BrCl2FN3O/c1-4(12)9-16-17-10(18-9)15-8-6(11)2-5(14)3-7(8)13/h2-4H,1H3,(H,15,17). The number of halogens is 4. The molecule has 1 unspecified atom stereocenters. The molecule has 0 saturated carbocycles. The molecule has 0 bridgehead atoms. The average Bonchev–Trinajstić information content (AvgIpc) is 2.71. The van der Waals surface area contributed by atoms with Gasteiger partial charge in [0.15, 0.2) is 0 Å². The van der Waals surface area contributed by atoms with Gasteiger partial charge in [-0.15, -0.1) is 16.7 Å². The third-order valence-electron chi connectivity index (χ3n) is 2.02. The van der Waals surface area contributed by atoms with Gasteiger partial charge in [-0.2, -0.15) is 0 Å². The molecule has 0 fully saturated rings. The molecule has 0 saturated heterocycles. The fraction of sp³-hybridized carbons (Fsp3) is 0.200. The van der Waals surface area contributed by atoms with Crippen molar-refractivity contribution in [3.8, 4) is 0 Å². The fourth-order valence-corrected chi connectivity index (χ4v) is 2.20. The summed E-state index contributed by atoms with van der Waals surface area (Å²) in [6.45, 7) is 1.71. The number of aromatic nitrogens is 2. The third kappa shape index (κ3) is 2.93. The van der Waals surface area contributed by atoms with Crippen LogP contribution in [0.2, 0.25) is 5.02 Å². The van der Waals surface area contributed by atoms with E-state index in [4.69, 9.17) is 27.6 Å². The Balaban J connectivity index is 2.28. The Hall–Kier alpha value is -0.850. The highest BCUT2D eigenvalue weighted by Gasteiger charge is 2.14. The zero-order valence-electron chi connectivity index (χ0n) is 9.05. The highest BCUT2D eigenvalue weighted by atomic mass is 79.9. The molecule has 0 aliphatic heterocycles. The molecule has 1 aromatic carbocycles. The summed E-state index contributed by atoms with van der Waals surface area (Å²) in [5.74, 6) is -0.161. The van der Waals surface area contributed by atoms with Crippen LogP contribution in [-0.4, -0.2) is 10.2 Å². The molecule has 4 nitrogen and oxygen atoms in total. The first-order valence-corrected chi connectivity index (χ1v) is 6.47. The van der Waals surface area contributed by atoms with E-state index in [2.05, 4.69) is 31.4 Å². The number of hydrogen-bond donors (Lipinski definition) is 1. The normalized spacial score (nSPS) is 12.5. The van der Waals surface area contributed by atoms with E-state index in [1.54, 1.807) is 6.92 Å². The molecule has 96 valence electrons. The summed E-state index contributed by atoms with van der Waals surface area (Å²) in [4.78, 5) is 0. The van der Waals surface area contributed by atoms with Gasteiger partial charge < -0.3 is 9.73 Å².